The van der Waals surface area contributed by atoms with Crippen molar-refractivity contribution < 1.29 is 9.59 Å². The minimum absolute atomic E-state index is 0.100. The van der Waals surface area contributed by atoms with Gasteiger partial charge in [0, 0.05) is 25.3 Å². The van der Waals surface area contributed by atoms with Crippen LogP contribution in [0.25, 0.3) is 0 Å². The topological polar surface area (TPSA) is 67.5 Å². The third-order valence-corrected chi connectivity index (χ3v) is 7.48. The van der Waals surface area contributed by atoms with Crippen molar-refractivity contribution in [1.82, 2.24) is 0 Å². The van der Waals surface area contributed by atoms with Gasteiger partial charge in [-0.25, -0.2) is 0 Å². The molecule has 30 heavy (non-hydrogen) atoms. The van der Waals surface area contributed by atoms with Crippen molar-refractivity contribution in [3.05, 3.63) is 60.7 Å². The second-order valence-corrected chi connectivity index (χ2v) is 11.5. The normalized spacial score (nSPS) is 12.6. The van der Waals surface area contributed by atoms with Crippen LogP contribution in [0.1, 0.15) is 47.5 Å². The number of ketones is 2. The Hall–Kier alpha value is -2.08. The average Bonchev–Trinajstić information content (AvgIpc) is 2.67. The van der Waals surface area contributed by atoms with E-state index in [2.05, 4.69) is 70.6 Å². The van der Waals surface area contributed by atoms with E-state index in [1.807, 2.05) is 20.8 Å². The zero-order valence-corrected chi connectivity index (χ0v) is 21.6. The van der Waals surface area contributed by atoms with E-state index in [9.17, 15) is 0 Å². The molecule has 0 saturated carbocycles. The number of aliphatic imine (C=N–C) groups is 2. The molecule has 0 aliphatic rings. The molecule has 0 fully saturated rings. The molecular formula is C25H34N2O2Sn+2. The van der Waals surface area contributed by atoms with Gasteiger partial charge >= 0.3 is 89.0 Å². The van der Waals surface area contributed by atoms with Crippen LogP contribution in [-0.2, 0) is 0 Å². The molecule has 2 N–H and O–H groups in total. The van der Waals surface area contributed by atoms with E-state index in [1.54, 1.807) is 13.8 Å². The second kappa shape index (κ2) is 14.8. The Morgan fingerprint density at radius 2 is 1.20 bits per heavy atom. The molecule has 2 aromatic carbocycles. The number of hydrogen-bond donors (Lipinski definition) is 0. The van der Waals surface area contributed by atoms with Crippen LogP contribution in [0.2, 0.25) is 0 Å². The Labute approximate surface area is 191 Å². The Kier molecular flexibility index (Phi) is 12.8. The van der Waals surface area contributed by atoms with Crippen molar-refractivity contribution in [2.24, 2.45) is 9.98 Å². The fourth-order valence-corrected chi connectivity index (χ4v) is 5.76. The molecule has 0 aliphatic heterocycles. The van der Waals surface area contributed by atoms with Crippen molar-refractivity contribution >= 4 is 51.3 Å². The van der Waals surface area contributed by atoms with Crippen LogP contribution in [-0.4, -0.2) is 66.3 Å². The molecule has 2 aromatic rings. The van der Waals surface area contributed by atoms with Gasteiger partial charge in [-0.2, -0.15) is 0 Å². The molecule has 0 heterocycles. The molecule has 2 rings (SSSR count). The number of nitrogens with zero attached hydrogens (tertiary/aromatic N) is 2. The first kappa shape index (κ1) is 26.0. The summed E-state index contributed by atoms with van der Waals surface area (Å²) in [5.41, 5.74) is 1.82. The zero-order valence-electron chi connectivity index (χ0n) is 18.8. The number of carbonyl (C=O) groups excluding carboxylic acids is 2. The molecule has 0 aromatic heterocycles. The van der Waals surface area contributed by atoms with Gasteiger partial charge in [-0.15, -0.1) is 0 Å². The predicted molar refractivity (Wildman–Crippen MR) is 133 cm³/mol. The van der Waals surface area contributed by atoms with Gasteiger partial charge in [0.2, 0.25) is 0 Å². The van der Waals surface area contributed by atoms with Gasteiger partial charge in [-0.3, -0.25) is 19.6 Å². The van der Waals surface area contributed by atoms with Crippen molar-refractivity contribution in [1.29, 1.82) is 0 Å². The van der Waals surface area contributed by atoms with E-state index in [-0.39, 0.29) is 6.04 Å². The van der Waals surface area contributed by atoms with Crippen LogP contribution >= 0.6 is 0 Å². The van der Waals surface area contributed by atoms with Gasteiger partial charge in [-0.05, 0) is 20.8 Å². The Morgan fingerprint density at radius 1 is 0.767 bits per heavy atom. The molecule has 1 atom stereocenters. The monoisotopic (exact) mass is 514 g/mol. The Morgan fingerprint density at radius 3 is 1.63 bits per heavy atom. The molecule has 0 amide bonds. The molecule has 4 nitrogen and oxygen atoms in total. The number of rotatable bonds is 9. The third kappa shape index (κ3) is 13.2. The summed E-state index contributed by atoms with van der Waals surface area (Å²) in [4.78, 5) is 27.0. The summed E-state index contributed by atoms with van der Waals surface area (Å²) in [6.45, 7) is 9.74. The molecule has 158 valence electrons. The third-order valence-electron chi connectivity index (χ3n) is 3.93. The van der Waals surface area contributed by atoms with E-state index in [0.29, 0.717) is 31.0 Å². The fraction of sp³-hybridized carbons (Fsp3) is 0.360. The summed E-state index contributed by atoms with van der Waals surface area (Å²) in [6, 6.07) is 21.7. The summed E-state index contributed by atoms with van der Waals surface area (Å²) in [5, 5.41) is 0. The van der Waals surface area contributed by atoms with Crippen molar-refractivity contribution in [2.45, 2.75) is 53.5 Å². The van der Waals surface area contributed by atoms with Gasteiger partial charge in [-0.1, -0.05) is 0 Å². The maximum atomic E-state index is 9.13. The fourth-order valence-electron chi connectivity index (χ4n) is 2.76. The van der Waals surface area contributed by atoms with E-state index in [4.69, 9.17) is 9.59 Å². The summed E-state index contributed by atoms with van der Waals surface area (Å²) < 4.78 is 3.08. The molecule has 0 saturated heterocycles. The molecule has 5 heteroatoms. The van der Waals surface area contributed by atoms with Gasteiger partial charge in [0.1, 0.15) is 0 Å². The molecule has 1 unspecified atom stereocenters. The molecule has 0 bridgehead atoms. The van der Waals surface area contributed by atoms with Gasteiger partial charge < -0.3 is 0 Å². The summed E-state index contributed by atoms with van der Waals surface area (Å²) in [6.07, 6.45) is 1.05. The van der Waals surface area contributed by atoms with Gasteiger partial charge in [0.25, 0.3) is 11.6 Å². The van der Waals surface area contributed by atoms with Crippen LogP contribution < -0.4 is 7.16 Å². The van der Waals surface area contributed by atoms with E-state index in [0.717, 1.165) is 11.4 Å². The van der Waals surface area contributed by atoms with Gasteiger partial charge in [0.15, 0.2) is 0 Å². The molecule has 0 spiro atoms. The van der Waals surface area contributed by atoms with Crippen LogP contribution in [0.5, 0.6) is 0 Å². The zero-order chi connectivity index (χ0) is 22.4. The van der Waals surface area contributed by atoms with Crippen molar-refractivity contribution in [2.75, 3.05) is 6.54 Å². The SMILES string of the molecule is CC(=[OH+])CC(C)=NCC(C)N=C(C)CC(C)=[OH+].c1cc[c]([Sn][c]2ccccc2)cc1. The van der Waals surface area contributed by atoms with Crippen LogP contribution in [0, 0.1) is 0 Å². The van der Waals surface area contributed by atoms with Crippen LogP contribution in [0.4, 0.5) is 0 Å². The van der Waals surface area contributed by atoms with Gasteiger partial charge in [0.05, 0.1) is 25.4 Å². The minimum atomic E-state index is -0.517. The first-order chi connectivity index (χ1) is 14.3. The number of benzene rings is 2. The summed E-state index contributed by atoms with van der Waals surface area (Å²) in [7, 11) is 0. The van der Waals surface area contributed by atoms with E-state index < -0.39 is 21.1 Å². The summed E-state index contributed by atoms with van der Waals surface area (Å²) in [5.74, 6) is 0.757. The van der Waals surface area contributed by atoms with E-state index >= 15 is 0 Å². The average molecular weight is 513 g/mol. The van der Waals surface area contributed by atoms with E-state index in [1.165, 1.54) is 7.16 Å². The van der Waals surface area contributed by atoms with Crippen LogP contribution in [0.3, 0.4) is 0 Å². The standard InChI is InChI=1S/C13H22N2O2.2C6H5.Sn/c1-9(6-12(4)16)14-8-11(3)15-10(2)7-13(5)17;2*1-2-4-6-5-3-1;/h11H,6-8H2,1-5H3;2*1-5H;/p+2. The first-order valence-electron chi connectivity index (χ1n) is 10.2. The Balaban J connectivity index is 0.000000308. The molecule has 2 radical (unpaired) electrons. The molecule has 0 aliphatic carbocycles. The Bertz CT molecular complexity index is 808. The second-order valence-electron chi connectivity index (χ2n) is 7.47. The van der Waals surface area contributed by atoms with Crippen LogP contribution in [0.15, 0.2) is 70.6 Å². The quantitative estimate of drug-likeness (QED) is 0.280. The summed E-state index contributed by atoms with van der Waals surface area (Å²) >= 11 is -0.517. The predicted octanol–water partition coefficient (Wildman–Crippen LogP) is 3.55. The van der Waals surface area contributed by atoms with Crippen molar-refractivity contribution in [3.8, 4) is 0 Å². The number of hydrogen-bond acceptors (Lipinski definition) is 2. The van der Waals surface area contributed by atoms with Crippen molar-refractivity contribution in [3.63, 3.8) is 0 Å². The first-order valence-corrected chi connectivity index (χ1v) is 13.0. The molecular weight excluding hydrogens is 479 g/mol. The maximum absolute atomic E-state index is 9.13.